The first-order chi connectivity index (χ1) is 12.4. The minimum atomic E-state index is 0.707. The minimum Gasteiger partial charge on any atom is -0.0622 e. The third-order valence-corrected chi connectivity index (χ3v) is 4.94. The number of rotatable bonds is 2. The average Bonchev–Trinajstić information content (AvgIpc) is 2.68. The number of benzene rings is 5. The molecule has 0 unspecified atom stereocenters. The van der Waals surface area contributed by atoms with Crippen molar-refractivity contribution in [1.29, 1.82) is 5.53 Å². The van der Waals surface area contributed by atoms with Crippen molar-refractivity contribution in [2.45, 2.75) is 0 Å². The summed E-state index contributed by atoms with van der Waals surface area (Å²) in [5.41, 5.74) is 10.4. The van der Waals surface area contributed by atoms with Gasteiger partial charge in [-0.15, -0.1) is 0 Å². The van der Waals surface area contributed by atoms with Gasteiger partial charge in [0.05, 0.1) is 21.4 Å². The smallest absolute Gasteiger partial charge is 0.0622 e. The van der Waals surface area contributed by atoms with Gasteiger partial charge in [-0.25, -0.2) is 0 Å². The summed E-state index contributed by atoms with van der Waals surface area (Å²) in [6, 6.07) is 29.3. The zero-order valence-electron chi connectivity index (χ0n) is 13.5. The highest BCUT2D eigenvalue weighted by atomic mass is 14.9. The van der Waals surface area contributed by atoms with E-state index in [1.165, 1.54) is 26.9 Å². The summed E-state index contributed by atoms with van der Waals surface area (Å²) in [4.78, 5) is 3.88. The monoisotopic (exact) mass is 319 g/mol. The molecule has 0 aliphatic rings. The SMILES string of the molecule is N=[N+]=C(c1ccccc1)c1ccc2ccc3cccc4ccc1c2c34. The molecule has 5 aromatic carbocycles. The van der Waals surface area contributed by atoms with Crippen LogP contribution in [0.5, 0.6) is 0 Å². The number of hydrogen-bond acceptors (Lipinski definition) is 1. The molecular weight excluding hydrogens is 304 g/mol. The summed E-state index contributed by atoms with van der Waals surface area (Å²) in [7, 11) is 0. The van der Waals surface area contributed by atoms with Crippen molar-refractivity contribution in [3.63, 3.8) is 0 Å². The lowest BCUT2D eigenvalue weighted by Gasteiger charge is -2.12. The molecule has 0 aliphatic carbocycles. The Morgan fingerprint density at radius 1 is 0.600 bits per heavy atom. The molecular formula is C23H15N2+. The van der Waals surface area contributed by atoms with E-state index in [4.69, 9.17) is 5.53 Å². The molecule has 5 aromatic rings. The second-order valence-corrected chi connectivity index (χ2v) is 6.30. The lowest BCUT2D eigenvalue weighted by atomic mass is 9.89. The van der Waals surface area contributed by atoms with Gasteiger partial charge in [0.2, 0.25) is 0 Å². The second kappa shape index (κ2) is 5.27. The second-order valence-electron chi connectivity index (χ2n) is 6.30. The molecule has 0 heterocycles. The predicted octanol–water partition coefficient (Wildman–Crippen LogP) is 5.66. The van der Waals surface area contributed by atoms with Crippen molar-refractivity contribution >= 4 is 38.0 Å². The summed E-state index contributed by atoms with van der Waals surface area (Å²) in [5, 5.41) is 7.41. The van der Waals surface area contributed by atoms with Gasteiger partial charge in [-0.05, 0) is 50.5 Å². The summed E-state index contributed by atoms with van der Waals surface area (Å²) >= 11 is 0. The fourth-order valence-electron chi connectivity index (χ4n) is 3.82. The van der Waals surface area contributed by atoms with E-state index in [1.807, 2.05) is 30.3 Å². The topological polar surface area (TPSA) is 38.0 Å². The van der Waals surface area contributed by atoms with Crippen molar-refractivity contribution in [2.75, 3.05) is 0 Å². The van der Waals surface area contributed by atoms with Crippen molar-refractivity contribution < 1.29 is 4.79 Å². The standard InChI is InChI=1S/C23H15N2/c24-25-23(18-5-2-1-3-6-18)20-14-12-17-10-9-15-7-4-8-16-11-13-19(20)22(17)21(15)16/h1-14,24H/q+1. The number of nitrogens with zero attached hydrogens (tertiary/aromatic N) is 1. The van der Waals surface area contributed by atoms with Gasteiger partial charge in [-0.2, -0.15) is 0 Å². The first-order valence-corrected chi connectivity index (χ1v) is 8.33. The highest BCUT2D eigenvalue weighted by Crippen LogP contribution is 2.36. The van der Waals surface area contributed by atoms with E-state index in [0.717, 1.165) is 16.5 Å². The van der Waals surface area contributed by atoms with Crippen molar-refractivity contribution in [3.8, 4) is 0 Å². The zero-order chi connectivity index (χ0) is 16.8. The number of nitrogens with one attached hydrogen (secondary N) is 1. The van der Waals surface area contributed by atoms with Gasteiger partial charge in [-0.3, -0.25) is 0 Å². The summed E-state index contributed by atoms with van der Waals surface area (Å²) < 4.78 is 0. The van der Waals surface area contributed by atoms with Gasteiger partial charge in [0.25, 0.3) is 0 Å². The molecule has 0 amide bonds. The van der Waals surface area contributed by atoms with Gasteiger partial charge < -0.3 is 0 Å². The molecule has 0 radical (unpaired) electrons. The fourth-order valence-corrected chi connectivity index (χ4v) is 3.82. The average molecular weight is 319 g/mol. The largest absolute Gasteiger partial charge is 0.379 e. The molecule has 0 aromatic heterocycles. The van der Waals surface area contributed by atoms with E-state index in [2.05, 4.69) is 59.4 Å². The van der Waals surface area contributed by atoms with Gasteiger partial charge in [0.1, 0.15) is 0 Å². The summed E-state index contributed by atoms with van der Waals surface area (Å²) in [5.74, 6) is 0. The Hall–Kier alpha value is -3.48. The molecule has 0 fully saturated rings. The van der Waals surface area contributed by atoms with Gasteiger partial charge in [0, 0.05) is 0 Å². The fraction of sp³-hybridized carbons (Fsp3) is 0. The molecule has 116 valence electrons. The third kappa shape index (κ3) is 1.99. The first kappa shape index (κ1) is 13.9. The first-order valence-electron chi connectivity index (χ1n) is 8.33. The van der Waals surface area contributed by atoms with Crippen LogP contribution < -0.4 is 0 Å². The Bertz CT molecular complexity index is 1260. The predicted molar refractivity (Wildman–Crippen MR) is 103 cm³/mol. The summed E-state index contributed by atoms with van der Waals surface area (Å²) in [6.07, 6.45) is 0. The van der Waals surface area contributed by atoms with Gasteiger partial charge >= 0.3 is 5.71 Å². The maximum atomic E-state index is 7.76. The molecule has 0 spiro atoms. The quantitative estimate of drug-likeness (QED) is 0.189. The molecule has 0 atom stereocenters. The van der Waals surface area contributed by atoms with Crippen molar-refractivity contribution in [1.82, 2.24) is 0 Å². The lowest BCUT2D eigenvalue weighted by Crippen LogP contribution is -2.05. The summed E-state index contributed by atoms with van der Waals surface area (Å²) in [6.45, 7) is 0. The Labute approximate surface area is 144 Å². The molecule has 25 heavy (non-hydrogen) atoms. The lowest BCUT2D eigenvalue weighted by molar-refractivity contribution is -0.117. The van der Waals surface area contributed by atoms with E-state index < -0.39 is 0 Å². The van der Waals surface area contributed by atoms with E-state index in [1.54, 1.807) is 0 Å². The van der Waals surface area contributed by atoms with Crippen LogP contribution >= 0.6 is 0 Å². The zero-order valence-corrected chi connectivity index (χ0v) is 13.5. The molecule has 2 nitrogen and oxygen atoms in total. The normalized spacial score (nSPS) is 11.2. The Balaban J connectivity index is 1.93. The molecule has 2 heteroatoms. The van der Waals surface area contributed by atoms with E-state index in [-0.39, 0.29) is 0 Å². The molecule has 0 saturated heterocycles. The van der Waals surface area contributed by atoms with Crippen LogP contribution in [0, 0.1) is 5.53 Å². The molecule has 0 aliphatic heterocycles. The molecule has 5 rings (SSSR count). The van der Waals surface area contributed by atoms with Crippen molar-refractivity contribution in [3.05, 3.63) is 96.1 Å². The van der Waals surface area contributed by atoms with Crippen LogP contribution in [-0.2, 0) is 0 Å². The van der Waals surface area contributed by atoms with Gasteiger partial charge in [-0.1, -0.05) is 66.7 Å². The van der Waals surface area contributed by atoms with Crippen LogP contribution in [-0.4, -0.2) is 10.5 Å². The van der Waals surface area contributed by atoms with E-state index >= 15 is 0 Å². The molecule has 0 bridgehead atoms. The minimum absolute atomic E-state index is 0.707. The highest BCUT2D eigenvalue weighted by molar-refractivity contribution is 6.28. The van der Waals surface area contributed by atoms with Gasteiger partial charge in [0.15, 0.2) is 0 Å². The van der Waals surface area contributed by atoms with E-state index in [9.17, 15) is 0 Å². The van der Waals surface area contributed by atoms with Crippen LogP contribution in [0.1, 0.15) is 11.1 Å². The maximum absolute atomic E-state index is 7.76. The Morgan fingerprint density at radius 2 is 1.24 bits per heavy atom. The molecule has 0 saturated carbocycles. The Morgan fingerprint density at radius 3 is 1.96 bits per heavy atom. The van der Waals surface area contributed by atoms with Crippen LogP contribution in [0.15, 0.2) is 84.9 Å². The van der Waals surface area contributed by atoms with Crippen molar-refractivity contribution in [2.24, 2.45) is 0 Å². The third-order valence-electron chi connectivity index (χ3n) is 4.94. The van der Waals surface area contributed by atoms with Crippen LogP contribution in [0.25, 0.3) is 32.3 Å². The molecule has 1 N–H and O–H groups in total. The van der Waals surface area contributed by atoms with Crippen LogP contribution in [0.2, 0.25) is 0 Å². The van der Waals surface area contributed by atoms with E-state index in [0.29, 0.717) is 5.71 Å². The number of hydrogen-bond donors (Lipinski definition) is 1. The van der Waals surface area contributed by atoms with Crippen LogP contribution in [0.3, 0.4) is 0 Å². The Kier molecular flexibility index (Phi) is 2.93. The van der Waals surface area contributed by atoms with Crippen LogP contribution in [0.4, 0.5) is 0 Å². The maximum Gasteiger partial charge on any atom is 0.379 e. The highest BCUT2D eigenvalue weighted by Gasteiger charge is 2.22.